The molecule has 4 N–H and O–H groups in total. The molecule has 0 saturated carbocycles. The van der Waals surface area contributed by atoms with Crippen LogP contribution in [0.5, 0.6) is 5.75 Å². The molecule has 0 aliphatic rings. The Labute approximate surface area is 307 Å². The number of H-pyrrole nitrogens is 1. The van der Waals surface area contributed by atoms with E-state index in [2.05, 4.69) is 32.9 Å². The van der Waals surface area contributed by atoms with Gasteiger partial charge in [0.1, 0.15) is 11.4 Å². The van der Waals surface area contributed by atoms with Crippen LogP contribution in [0.1, 0.15) is 89.5 Å². The third kappa shape index (κ3) is 11.5. The molecule has 0 aliphatic heterocycles. The number of unbranched alkanes of at least 4 members (excludes halogenated alkanes) is 10. The summed E-state index contributed by atoms with van der Waals surface area (Å²) in [5.74, 6) is 0.0402. The number of hydrogen-bond donors (Lipinski definition) is 4. The number of hydrogen-bond acceptors (Lipinski definition) is 6. The second kappa shape index (κ2) is 19.0. The monoisotopic (exact) mass is 746 g/mol. The lowest BCUT2D eigenvalue weighted by Crippen LogP contribution is -2.15. The molecule has 0 saturated heterocycles. The fourth-order valence-electron chi connectivity index (χ4n) is 5.43. The number of azo groups is 1. The normalized spacial score (nSPS) is 11.4. The van der Waals surface area contributed by atoms with Gasteiger partial charge in [0.25, 0.3) is 0 Å². The van der Waals surface area contributed by atoms with Gasteiger partial charge in [-0.3, -0.25) is 14.7 Å². The summed E-state index contributed by atoms with van der Waals surface area (Å²) < 4.78 is 1.12. The maximum Gasteiger partial charge on any atom is 0.301 e. The first-order valence-electron chi connectivity index (χ1n) is 16.6. The van der Waals surface area contributed by atoms with Crippen molar-refractivity contribution in [1.82, 2.24) is 9.78 Å². The highest BCUT2D eigenvalue weighted by molar-refractivity contribution is 6.40. The van der Waals surface area contributed by atoms with Crippen LogP contribution >= 0.6 is 46.4 Å². The van der Waals surface area contributed by atoms with Crippen molar-refractivity contribution in [3.8, 4) is 11.4 Å². The van der Waals surface area contributed by atoms with E-state index < -0.39 is 5.56 Å². The summed E-state index contributed by atoms with van der Waals surface area (Å²) in [4.78, 5) is 26.5. The quantitative estimate of drug-likeness (QED) is 0.0597. The van der Waals surface area contributed by atoms with Crippen LogP contribution in [0.15, 0.2) is 63.6 Å². The number of aryl methyl sites for hydroxylation is 1. The number of phenolic OH excluding ortho intramolecular Hbond substituents is 1. The van der Waals surface area contributed by atoms with E-state index in [4.69, 9.17) is 46.4 Å². The van der Waals surface area contributed by atoms with E-state index in [9.17, 15) is 14.7 Å². The third-order valence-electron chi connectivity index (χ3n) is 7.90. The highest BCUT2D eigenvalue weighted by Crippen LogP contribution is 2.36. The van der Waals surface area contributed by atoms with Crippen molar-refractivity contribution in [2.45, 2.75) is 90.9 Å². The smallest absolute Gasteiger partial charge is 0.301 e. The zero-order valence-corrected chi connectivity index (χ0v) is 30.7. The van der Waals surface area contributed by atoms with E-state index in [1.807, 2.05) is 0 Å². The van der Waals surface area contributed by atoms with Gasteiger partial charge < -0.3 is 15.7 Å². The van der Waals surface area contributed by atoms with E-state index in [1.165, 1.54) is 69.6 Å². The van der Waals surface area contributed by atoms with Gasteiger partial charge in [0, 0.05) is 23.2 Å². The Morgan fingerprint density at radius 1 is 0.816 bits per heavy atom. The summed E-state index contributed by atoms with van der Waals surface area (Å²) in [6.07, 6.45) is 13.7. The van der Waals surface area contributed by atoms with Crippen LogP contribution in [0, 0.1) is 6.92 Å². The van der Waals surface area contributed by atoms with Gasteiger partial charge in [-0.05, 0) is 61.4 Å². The fourth-order valence-corrected chi connectivity index (χ4v) is 6.58. The molecule has 4 rings (SSSR count). The third-order valence-corrected chi connectivity index (χ3v) is 9.02. The topological polar surface area (TPSA) is 124 Å². The Morgan fingerprint density at radius 3 is 2.08 bits per heavy atom. The minimum Gasteiger partial charge on any atom is -0.508 e. The molecule has 0 atom stereocenters. The zero-order valence-electron chi connectivity index (χ0n) is 27.7. The molecule has 4 aromatic rings. The molecule has 1 aromatic heterocycles. The van der Waals surface area contributed by atoms with E-state index >= 15 is 0 Å². The first-order valence-corrected chi connectivity index (χ1v) is 18.2. The SMILES string of the molecule is CCCCCCCCCCCCCC(=O)Nc1ccc(Cl)c(Nc2[nH]n(-c3c(Cl)cc(Cl)cc3Cl)c(=O)c2N=Nc2cc(C)cc(O)c2)c1. The molecule has 9 nitrogen and oxygen atoms in total. The number of benzene rings is 3. The molecule has 0 spiro atoms. The van der Waals surface area contributed by atoms with Crippen LogP contribution in [-0.4, -0.2) is 20.8 Å². The average molecular weight is 749 g/mol. The standard InChI is InChI=1S/C36H42Cl4N6O3/c1-3-4-5-6-7-8-9-10-11-12-13-14-32(48)41-25-15-16-28(38)31(22-25)42-35-33(44-43-26-17-23(2)18-27(47)21-26)36(49)46(45-35)34-29(39)19-24(37)20-30(34)40/h15-22,42,45,47H,3-14H2,1-2H3,(H,41,48). The number of phenols is 1. The lowest BCUT2D eigenvalue weighted by molar-refractivity contribution is -0.116. The van der Waals surface area contributed by atoms with Crippen molar-refractivity contribution < 1.29 is 9.90 Å². The number of carbonyl (C=O) groups is 1. The second-order valence-electron chi connectivity index (χ2n) is 12.1. The molecule has 49 heavy (non-hydrogen) atoms. The number of amides is 1. The van der Waals surface area contributed by atoms with Crippen molar-refractivity contribution >= 4 is 80.9 Å². The number of aromatic amines is 1. The number of nitrogens with one attached hydrogen (secondary N) is 3. The zero-order chi connectivity index (χ0) is 35.3. The van der Waals surface area contributed by atoms with Crippen LogP contribution in [0.4, 0.5) is 28.6 Å². The Balaban J connectivity index is 1.47. The van der Waals surface area contributed by atoms with E-state index in [0.717, 1.165) is 29.5 Å². The minimum absolute atomic E-state index is 0.00708. The van der Waals surface area contributed by atoms with Gasteiger partial charge in [0.05, 0.1) is 26.4 Å². The number of rotatable bonds is 18. The van der Waals surface area contributed by atoms with Gasteiger partial charge in [-0.15, -0.1) is 5.11 Å². The second-order valence-corrected chi connectivity index (χ2v) is 13.7. The van der Waals surface area contributed by atoms with Crippen molar-refractivity contribution in [2.75, 3.05) is 10.6 Å². The van der Waals surface area contributed by atoms with Crippen molar-refractivity contribution in [3.63, 3.8) is 0 Å². The van der Waals surface area contributed by atoms with Gasteiger partial charge in [0.2, 0.25) is 5.91 Å². The predicted molar refractivity (Wildman–Crippen MR) is 203 cm³/mol. The lowest BCUT2D eigenvalue weighted by atomic mass is 10.1. The molecule has 0 unspecified atom stereocenters. The van der Waals surface area contributed by atoms with Gasteiger partial charge in [-0.2, -0.15) is 5.11 Å². The van der Waals surface area contributed by atoms with E-state index in [0.29, 0.717) is 33.5 Å². The largest absolute Gasteiger partial charge is 0.508 e. The molecular weight excluding hydrogens is 706 g/mol. The van der Waals surface area contributed by atoms with Crippen LogP contribution in [0.25, 0.3) is 5.69 Å². The molecule has 0 bridgehead atoms. The molecule has 1 heterocycles. The molecule has 0 aliphatic carbocycles. The minimum atomic E-state index is -0.623. The molecule has 13 heteroatoms. The van der Waals surface area contributed by atoms with Crippen LogP contribution in [0.3, 0.4) is 0 Å². The predicted octanol–water partition coefficient (Wildman–Crippen LogP) is 12.6. The van der Waals surface area contributed by atoms with Gasteiger partial charge in [-0.1, -0.05) is 118 Å². The highest BCUT2D eigenvalue weighted by atomic mass is 35.5. The Hall–Kier alpha value is -3.50. The molecule has 1 amide bonds. The summed E-state index contributed by atoms with van der Waals surface area (Å²) in [5.41, 5.74) is 1.42. The average Bonchev–Trinajstić information content (AvgIpc) is 3.33. The van der Waals surface area contributed by atoms with Crippen LogP contribution in [0.2, 0.25) is 20.1 Å². The number of halogens is 4. The number of nitrogens with zero attached hydrogens (tertiary/aromatic N) is 3. The van der Waals surface area contributed by atoms with E-state index in [-0.39, 0.29) is 38.9 Å². The molecular formula is C36H42Cl4N6O3. The van der Waals surface area contributed by atoms with Gasteiger partial charge >= 0.3 is 5.56 Å². The number of carbonyl (C=O) groups excluding carboxylic acids is 1. The van der Waals surface area contributed by atoms with Crippen molar-refractivity contribution in [1.29, 1.82) is 0 Å². The maximum atomic E-state index is 13.7. The number of anilines is 3. The number of aromatic hydroxyl groups is 1. The van der Waals surface area contributed by atoms with Crippen molar-refractivity contribution in [2.24, 2.45) is 10.2 Å². The summed E-state index contributed by atoms with van der Waals surface area (Å²) in [5, 5.41) is 28.3. The summed E-state index contributed by atoms with van der Waals surface area (Å²) >= 11 is 25.5. The first-order chi connectivity index (χ1) is 23.5. The van der Waals surface area contributed by atoms with E-state index in [1.54, 1.807) is 37.3 Å². The maximum absolute atomic E-state index is 13.7. The first kappa shape index (κ1) is 38.3. The summed E-state index contributed by atoms with van der Waals surface area (Å²) in [6.45, 7) is 4.03. The Kier molecular flexibility index (Phi) is 14.9. The number of aromatic nitrogens is 2. The Morgan fingerprint density at radius 2 is 1.45 bits per heavy atom. The fraction of sp³-hybridized carbons (Fsp3) is 0.389. The highest BCUT2D eigenvalue weighted by Gasteiger charge is 2.21. The molecule has 262 valence electrons. The Bertz CT molecular complexity index is 1780. The van der Waals surface area contributed by atoms with Crippen molar-refractivity contribution in [3.05, 3.63) is 84.5 Å². The summed E-state index contributed by atoms with van der Waals surface area (Å²) in [6, 6.07) is 12.6. The summed E-state index contributed by atoms with van der Waals surface area (Å²) in [7, 11) is 0. The van der Waals surface area contributed by atoms with Gasteiger partial charge in [-0.25, -0.2) is 4.68 Å². The lowest BCUT2D eigenvalue weighted by Gasteiger charge is -2.11. The molecule has 0 radical (unpaired) electrons. The van der Waals surface area contributed by atoms with Crippen LogP contribution < -0.4 is 16.2 Å². The van der Waals surface area contributed by atoms with Crippen LogP contribution in [-0.2, 0) is 4.79 Å². The molecule has 3 aromatic carbocycles. The molecule has 0 fully saturated rings. The van der Waals surface area contributed by atoms with Gasteiger partial charge in [0.15, 0.2) is 11.5 Å².